The molecule has 0 radical (unpaired) electrons. The highest BCUT2D eigenvalue weighted by atomic mass is 32.1. The summed E-state index contributed by atoms with van der Waals surface area (Å²) < 4.78 is 13.0. The Balaban J connectivity index is 1.70. The van der Waals surface area contributed by atoms with Crippen molar-refractivity contribution in [2.24, 2.45) is 5.10 Å². The number of benzene rings is 1. The van der Waals surface area contributed by atoms with Gasteiger partial charge in [-0.1, -0.05) is 37.3 Å². The minimum atomic E-state index is -0.395. The van der Waals surface area contributed by atoms with Crippen molar-refractivity contribution < 1.29 is 14.0 Å². The summed E-state index contributed by atoms with van der Waals surface area (Å²) in [6.45, 7) is 4.18. The summed E-state index contributed by atoms with van der Waals surface area (Å²) in [7, 11) is 0. The highest BCUT2D eigenvalue weighted by Gasteiger charge is 2.25. The summed E-state index contributed by atoms with van der Waals surface area (Å²) in [5, 5.41) is 17.3. The average Bonchev–Trinajstić information content (AvgIpc) is 3.07. The van der Waals surface area contributed by atoms with Gasteiger partial charge in [-0.2, -0.15) is 5.10 Å². The molecule has 1 aromatic heterocycles. The van der Waals surface area contributed by atoms with Crippen molar-refractivity contribution in [3.05, 3.63) is 40.7 Å². The molecule has 1 aromatic carbocycles. The summed E-state index contributed by atoms with van der Waals surface area (Å²) >= 11 is 1.31. The molecule has 0 spiro atoms. The summed E-state index contributed by atoms with van der Waals surface area (Å²) in [6, 6.07) is 5.81. The number of anilines is 1. The van der Waals surface area contributed by atoms with Crippen molar-refractivity contribution in [2.45, 2.75) is 39.2 Å². The average molecular weight is 375 g/mol. The van der Waals surface area contributed by atoms with Crippen molar-refractivity contribution in [1.29, 1.82) is 0 Å². The lowest BCUT2D eigenvalue weighted by Gasteiger charge is -2.23. The number of hydrogen-bond donors (Lipinski definition) is 1. The lowest BCUT2D eigenvalue weighted by atomic mass is 10.1. The molecule has 0 bridgehead atoms. The van der Waals surface area contributed by atoms with Gasteiger partial charge in [0.15, 0.2) is 0 Å². The van der Waals surface area contributed by atoms with Gasteiger partial charge in [-0.25, -0.2) is 9.40 Å². The molecule has 0 aliphatic carbocycles. The summed E-state index contributed by atoms with van der Waals surface area (Å²) in [6.07, 6.45) is 0.460. The Labute approximate surface area is 153 Å². The van der Waals surface area contributed by atoms with Gasteiger partial charge in [-0.05, 0) is 17.7 Å². The van der Waals surface area contributed by atoms with Gasteiger partial charge in [0.2, 0.25) is 11.0 Å². The van der Waals surface area contributed by atoms with Crippen molar-refractivity contribution in [3.8, 4) is 0 Å². The van der Waals surface area contributed by atoms with Gasteiger partial charge < -0.3 is 0 Å². The first-order valence-corrected chi connectivity index (χ1v) is 9.01. The Morgan fingerprint density at radius 2 is 2.00 bits per heavy atom. The second kappa shape index (κ2) is 7.69. The maximum atomic E-state index is 13.0. The maximum Gasteiger partial charge on any atom is 0.273 e. The van der Waals surface area contributed by atoms with E-state index in [4.69, 9.17) is 0 Å². The molecule has 1 N–H and O–H groups in total. The third-order valence-electron chi connectivity index (χ3n) is 3.77. The minimum Gasteiger partial charge on any atom is -0.295 e. The highest BCUT2D eigenvalue weighted by Crippen LogP contribution is 2.23. The fourth-order valence-electron chi connectivity index (χ4n) is 2.34. The van der Waals surface area contributed by atoms with Crippen LogP contribution in [0.4, 0.5) is 9.52 Å². The number of rotatable bonds is 5. The second-order valence-corrected chi connectivity index (χ2v) is 7.19. The number of aromatic nitrogens is 2. The van der Waals surface area contributed by atoms with E-state index in [0.29, 0.717) is 5.13 Å². The van der Waals surface area contributed by atoms with Crippen molar-refractivity contribution in [1.82, 2.24) is 15.2 Å². The van der Waals surface area contributed by atoms with Gasteiger partial charge in [-0.15, -0.1) is 10.2 Å². The monoisotopic (exact) mass is 375 g/mol. The van der Waals surface area contributed by atoms with E-state index in [1.54, 1.807) is 12.1 Å². The molecule has 0 fully saturated rings. The largest absolute Gasteiger partial charge is 0.295 e. The van der Waals surface area contributed by atoms with E-state index < -0.39 is 5.91 Å². The molecule has 3 rings (SSSR count). The van der Waals surface area contributed by atoms with Crippen molar-refractivity contribution >= 4 is 34.0 Å². The first-order chi connectivity index (χ1) is 12.4. The number of amides is 2. The van der Waals surface area contributed by atoms with E-state index in [2.05, 4.69) is 20.6 Å². The third kappa shape index (κ3) is 4.29. The van der Waals surface area contributed by atoms with Crippen LogP contribution in [0.1, 0.15) is 43.2 Å². The highest BCUT2D eigenvalue weighted by molar-refractivity contribution is 7.15. The molecule has 26 heavy (non-hydrogen) atoms. The summed E-state index contributed by atoms with van der Waals surface area (Å²) in [4.78, 5) is 24.5. The molecule has 1 aliphatic heterocycles. The Kier molecular flexibility index (Phi) is 5.36. The molecule has 136 valence electrons. The molecule has 1 aliphatic rings. The number of carbonyl (C=O) groups is 2. The molecule has 0 unspecified atom stereocenters. The molecule has 0 saturated carbocycles. The number of hydrazone groups is 1. The van der Waals surface area contributed by atoms with E-state index in [1.165, 1.54) is 28.5 Å². The lowest BCUT2D eigenvalue weighted by molar-refractivity contribution is -0.132. The number of nitrogens with zero attached hydrogens (tertiary/aromatic N) is 4. The van der Waals surface area contributed by atoms with Crippen LogP contribution < -0.4 is 5.32 Å². The Hall–Kier alpha value is -2.68. The van der Waals surface area contributed by atoms with Crippen LogP contribution in [0.3, 0.4) is 0 Å². The first kappa shape index (κ1) is 18.1. The van der Waals surface area contributed by atoms with Crippen molar-refractivity contribution in [2.75, 3.05) is 5.32 Å². The lowest BCUT2D eigenvalue weighted by Crippen LogP contribution is -2.36. The van der Waals surface area contributed by atoms with Crippen LogP contribution in [0.2, 0.25) is 0 Å². The molecular formula is C17H18FN5O2S. The fraction of sp³-hybridized carbons (Fsp3) is 0.353. The third-order valence-corrected chi connectivity index (χ3v) is 4.91. The van der Waals surface area contributed by atoms with Gasteiger partial charge >= 0.3 is 0 Å². The number of nitrogens with one attached hydrogen (secondary N) is 1. The zero-order valence-corrected chi connectivity index (χ0v) is 15.2. The normalized spacial score (nSPS) is 14.5. The standard InChI is InChI=1S/C17H18FN5O2S/c1-10(2)16-20-21-17(26-16)19-15(25)13-7-8-14(24)23(22-13)9-11-3-5-12(18)6-4-11/h3-6,10H,7-9H2,1-2H3,(H,19,21,25). The van der Waals surface area contributed by atoms with Crippen LogP contribution in [0, 0.1) is 5.82 Å². The topological polar surface area (TPSA) is 87.6 Å². The van der Waals surface area contributed by atoms with E-state index in [9.17, 15) is 14.0 Å². The maximum absolute atomic E-state index is 13.0. The van der Waals surface area contributed by atoms with Gasteiger partial charge in [-0.3, -0.25) is 14.9 Å². The molecule has 2 amide bonds. The van der Waals surface area contributed by atoms with Gasteiger partial charge in [0.25, 0.3) is 5.91 Å². The molecule has 7 nitrogen and oxygen atoms in total. The summed E-state index contributed by atoms with van der Waals surface area (Å²) in [5.41, 5.74) is 0.990. The molecule has 0 saturated heterocycles. The van der Waals surface area contributed by atoms with Crippen LogP contribution in [0.5, 0.6) is 0 Å². The van der Waals surface area contributed by atoms with E-state index in [0.717, 1.165) is 10.6 Å². The quantitative estimate of drug-likeness (QED) is 0.870. The van der Waals surface area contributed by atoms with E-state index >= 15 is 0 Å². The number of carbonyl (C=O) groups excluding carboxylic acids is 2. The minimum absolute atomic E-state index is 0.177. The summed E-state index contributed by atoms with van der Waals surface area (Å²) in [5.74, 6) is -0.689. The zero-order valence-electron chi connectivity index (χ0n) is 14.4. The van der Waals surface area contributed by atoms with Crippen LogP contribution in [-0.2, 0) is 16.1 Å². The van der Waals surface area contributed by atoms with Gasteiger partial charge in [0, 0.05) is 18.8 Å². The Morgan fingerprint density at radius 3 is 2.65 bits per heavy atom. The van der Waals surface area contributed by atoms with Gasteiger partial charge in [0.1, 0.15) is 16.5 Å². The zero-order chi connectivity index (χ0) is 18.7. The molecule has 2 aromatic rings. The van der Waals surface area contributed by atoms with Crippen LogP contribution in [-0.4, -0.2) is 32.7 Å². The Morgan fingerprint density at radius 1 is 1.27 bits per heavy atom. The van der Waals surface area contributed by atoms with Gasteiger partial charge in [0.05, 0.1) is 6.54 Å². The Bertz CT molecular complexity index is 847. The van der Waals surface area contributed by atoms with E-state index in [-0.39, 0.29) is 42.7 Å². The van der Waals surface area contributed by atoms with Crippen LogP contribution in [0.15, 0.2) is 29.4 Å². The molecule has 0 atom stereocenters. The van der Waals surface area contributed by atoms with Crippen LogP contribution in [0.25, 0.3) is 0 Å². The van der Waals surface area contributed by atoms with Crippen LogP contribution >= 0.6 is 11.3 Å². The molecule has 9 heteroatoms. The fourth-order valence-corrected chi connectivity index (χ4v) is 3.08. The number of halogens is 1. The van der Waals surface area contributed by atoms with E-state index in [1.807, 2.05) is 13.8 Å². The number of hydrogen-bond acceptors (Lipinski definition) is 6. The predicted molar refractivity (Wildman–Crippen MR) is 96.2 cm³/mol. The molecular weight excluding hydrogens is 357 g/mol. The molecule has 2 heterocycles. The second-order valence-electron chi connectivity index (χ2n) is 6.18. The predicted octanol–water partition coefficient (Wildman–Crippen LogP) is 2.92. The SMILES string of the molecule is CC(C)c1nnc(NC(=O)C2=NN(Cc3ccc(F)cc3)C(=O)CC2)s1. The first-order valence-electron chi connectivity index (χ1n) is 8.19. The van der Waals surface area contributed by atoms with Crippen molar-refractivity contribution in [3.63, 3.8) is 0 Å². The smallest absolute Gasteiger partial charge is 0.273 e.